The van der Waals surface area contributed by atoms with Gasteiger partial charge in [-0.25, -0.2) is 0 Å². The van der Waals surface area contributed by atoms with Gasteiger partial charge in [0.15, 0.2) is 5.75 Å². The molecule has 0 radical (unpaired) electrons. The van der Waals surface area contributed by atoms with Crippen molar-refractivity contribution in [1.29, 1.82) is 0 Å². The predicted octanol–water partition coefficient (Wildman–Crippen LogP) is 4.11. The maximum Gasteiger partial charge on any atom is 0.310 e. The van der Waals surface area contributed by atoms with Crippen LogP contribution in [0.4, 0.5) is 5.69 Å². The number of alkyl halides is 1. The molecule has 0 bridgehead atoms. The Hall–Kier alpha value is -1.92. The normalized spacial score (nSPS) is 12.5. The van der Waals surface area contributed by atoms with Crippen LogP contribution in [0.3, 0.4) is 0 Å². The summed E-state index contributed by atoms with van der Waals surface area (Å²) < 4.78 is 5.87. The second kappa shape index (κ2) is 9.17. The SMILES string of the molecule is CC(Br)C(Oc1ccccc1[N+](=O)[O-])c1ccccc1.CO. The highest BCUT2D eigenvalue weighted by Crippen LogP contribution is 2.33. The molecule has 2 aromatic carbocycles. The van der Waals surface area contributed by atoms with Crippen molar-refractivity contribution in [2.45, 2.75) is 17.9 Å². The van der Waals surface area contributed by atoms with Crippen LogP contribution in [0, 0.1) is 10.1 Å². The number of nitrogens with zero attached hydrogens (tertiary/aromatic N) is 1. The van der Waals surface area contributed by atoms with Gasteiger partial charge in [-0.2, -0.15) is 0 Å². The number of hydrogen-bond donors (Lipinski definition) is 1. The van der Waals surface area contributed by atoms with Gasteiger partial charge in [-0.15, -0.1) is 0 Å². The van der Waals surface area contributed by atoms with Gasteiger partial charge in [-0.05, 0) is 18.6 Å². The van der Waals surface area contributed by atoms with E-state index in [1.54, 1.807) is 18.2 Å². The first-order valence-corrected chi connectivity index (χ1v) is 7.55. The molecule has 0 aromatic heterocycles. The highest BCUT2D eigenvalue weighted by Gasteiger charge is 2.23. The van der Waals surface area contributed by atoms with E-state index < -0.39 is 4.92 Å². The molecule has 1 N–H and O–H groups in total. The third-order valence-corrected chi connectivity index (χ3v) is 3.34. The van der Waals surface area contributed by atoms with Crippen molar-refractivity contribution < 1.29 is 14.8 Å². The lowest BCUT2D eigenvalue weighted by molar-refractivity contribution is -0.386. The van der Waals surface area contributed by atoms with E-state index in [0.29, 0.717) is 0 Å². The molecule has 0 saturated carbocycles. The van der Waals surface area contributed by atoms with E-state index in [2.05, 4.69) is 15.9 Å². The van der Waals surface area contributed by atoms with Crippen LogP contribution < -0.4 is 4.74 Å². The maximum atomic E-state index is 11.0. The number of rotatable bonds is 5. The molecule has 2 rings (SSSR count). The molecular weight excluding hydrogens is 350 g/mol. The van der Waals surface area contributed by atoms with Gasteiger partial charge in [0.1, 0.15) is 6.10 Å². The Morgan fingerprint density at radius 1 is 1.09 bits per heavy atom. The third-order valence-electron chi connectivity index (χ3n) is 2.86. The summed E-state index contributed by atoms with van der Waals surface area (Å²) in [6, 6.07) is 16.0. The quantitative estimate of drug-likeness (QED) is 0.490. The summed E-state index contributed by atoms with van der Waals surface area (Å²) >= 11 is 3.50. The molecule has 0 spiro atoms. The standard InChI is InChI=1S/C15H14BrNO3.CH4O/c1-11(16)15(12-7-3-2-4-8-12)20-14-10-6-5-9-13(14)17(18)19;1-2/h2-11,15H,1H3;2H,1H3. The van der Waals surface area contributed by atoms with Crippen molar-refractivity contribution >= 4 is 21.6 Å². The first-order chi connectivity index (χ1) is 10.6. The lowest BCUT2D eigenvalue weighted by Crippen LogP contribution is -2.16. The summed E-state index contributed by atoms with van der Waals surface area (Å²) in [7, 11) is 1.00. The van der Waals surface area contributed by atoms with Gasteiger partial charge in [0.05, 0.1) is 9.75 Å². The van der Waals surface area contributed by atoms with Gasteiger partial charge in [0.2, 0.25) is 0 Å². The number of nitro groups is 1. The van der Waals surface area contributed by atoms with E-state index in [-0.39, 0.29) is 22.4 Å². The molecule has 0 fully saturated rings. The molecule has 0 saturated heterocycles. The lowest BCUT2D eigenvalue weighted by Gasteiger charge is -2.21. The van der Waals surface area contributed by atoms with Gasteiger partial charge in [0, 0.05) is 13.2 Å². The zero-order chi connectivity index (χ0) is 16.5. The molecule has 2 aromatic rings. The Morgan fingerprint density at radius 3 is 2.18 bits per heavy atom. The van der Waals surface area contributed by atoms with Crippen molar-refractivity contribution in [2.24, 2.45) is 0 Å². The topological polar surface area (TPSA) is 72.6 Å². The van der Waals surface area contributed by atoms with E-state index in [0.717, 1.165) is 12.7 Å². The average molecular weight is 368 g/mol. The number of aliphatic hydroxyl groups excluding tert-OH is 1. The Morgan fingerprint density at radius 2 is 1.64 bits per heavy atom. The molecule has 5 nitrogen and oxygen atoms in total. The summed E-state index contributed by atoms with van der Waals surface area (Å²) in [5.74, 6) is 0.276. The minimum atomic E-state index is -0.434. The number of aliphatic hydroxyl groups is 1. The van der Waals surface area contributed by atoms with Crippen LogP contribution in [-0.2, 0) is 0 Å². The van der Waals surface area contributed by atoms with E-state index in [4.69, 9.17) is 9.84 Å². The van der Waals surface area contributed by atoms with E-state index >= 15 is 0 Å². The van der Waals surface area contributed by atoms with Crippen LogP contribution in [0.2, 0.25) is 0 Å². The number of hydrogen-bond acceptors (Lipinski definition) is 4. The maximum absolute atomic E-state index is 11.0. The second-order valence-corrected chi connectivity index (χ2v) is 5.80. The fourth-order valence-electron chi connectivity index (χ4n) is 1.91. The van der Waals surface area contributed by atoms with Crippen LogP contribution in [-0.4, -0.2) is 22.0 Å². The van der Waals surface area contributed by atoms with Gasteiger partial charge in [-0.3, -0.25) is 10.1 Å². The molecule has 2 atom stereocenters. The van der Waals surface area contributed by atoms with Gasteiger partial charge in [-0.1, -0.05) is 58.4 Å². The molecular formula is C16H18BrNO4. The van der Waals surface area contributed by atoms with Gasteiger partial charge < -0.3 is 9.84 Å². The zero-order valence-corrected chi connectivity index (χ0v) is 13.9. The monoisotopic (exact) mass is 367 g/mol. The summed E-state index contributed by atoms with van der Waals surface area (Å²) in [4.78, 5) is 10.6. The van der Waals surface area contributed by atoms with E-state index in [1.807, 2.05) is 37.3 Å². The fraction of sp³-hybridized carbons (Fsp3) is 0.250. The van der Waals surface area contributed by atoms with Crippen molar-refractivity contribution in [3.63, 3.8) is 0 Å². The molecule has 0 aliphatic carbocycles. The minimum Gasteiger partial charge on any atom is -0.477 e. The summed E-state index contributed by atoms with van der Waals surface area (Å²) in [5, 5.41) is 18.0. The van der Waals surface area contributed by atoms with Gasteiger partial charge >= 0.3 is 5.69 Å². The number of ether oxygens (including phenoxy) is 1. The van der Waals surface area contributed by atoms with Crippen molar-refractivity contribution in [3.8, 4) is 5.75 Å². The second-order valence-electron chi connectivity index (χ2n) is 4.35. The number of para-hydroxylation sites is 2. The van der Waals surface area contributed by atoms with Crippen LogP contribution in [0.15, 0.2) is 54.6 Å². The molecule has 0 aliphatic rings. The molecule has 6 heteroatoms. The Balaban J connectivity index is 0.00000116. The van der Waals surface area contributed by atoms with Crippen LogP contribution in [0.1, 0.15) is 18.6 Å². The molecule has 22 heavy (non-hydrogen) atoms. The average Bonchev–Trinajstić information content (AvgIpc) is 2.55. The predicted molar refractivity (Wildman–Crippen MR) is 89.4 cm³/mol. The van der Waals surface area contributed by atoms with Crippen LogP contribution in [0.25, 0.3) is 0 Å². The Kier molecular flexibility index (Phi) is 7.56. The minimum absolute atomic E-state index is 0.0183. The first kappa shape index (κ1) is 18.1. The van der Waals surface area contributed by atoms with Crippen molar-refractivity contribution in [2.75, 3.05) is 7.11 Å². The third kappa shape index (κ3) is 4.82. The van der Waals surface area contributed by atoms with Crippen LogP contribution in [0.5, 0.6) is 5.75 Å². The number of halogens is 1. The lowest BCUT2D eigenvalue weighted by atomic mass is 10.1. The largest absolute Gasteiger partial charge is 0.477 e. The highest BCUT2D eigenvalue weighted by atomic mass is 79.9. The highest BCUT2D eigenvalue weighted by molar-refractivity contribution is 9.09. The molecule has 2 unspecified atom stereocenters. The molecule has 118 valence electrons. The summed E-state index contributed by atoms with van der Waals surface area (Å²) in [6.45, 7) is 1.95. The number of benzene rings is 2. The smallest absolute Gasteiger partial charge is 0.310 e. The molecule has 0 amide bonds. The first-order valence-electron chi connectivity index (χ1n) is 6.63. The molecule has 0 heterocycles. The molecule has 0 aliphatic heterocycles. The Labute approximate surface area is 137 Å². The van der Waals surface area contributed by atoms with Crippen molar-refractivity contribution in [3.05, 3.63) is 70.3 Å². The van der Waals surface area contributed by atoms with Crippen LogP contribution >= 0.6 is 15.9 Å². The summed E-state index contributed by atoms with van der Waals surface area (Å²) in [5.41, 5.74) is 0.941. The fourth-order valence-corrected chi connectivity index (χ4v) is 2.33. The summed E-state index contributed by atoms with van der Waals surface area (Å²) in [6.07, 6.45) is -0.294. The number of nitro benzene ring substituents is 1. The van der Waals surface area contributed by atoms with E-state index in [9.17, 15) is 10.1 Å². The van der Waals surface area contributed by atoms with Crippen molar-refractivity contribution in [1.82, 2.24) is 0 Å². The zero-order valence-electron chi connectivity index (χ0n) is 12.3. The van der Waals surface area contributed by atoms with E-state index in [1.165, 1.54) is 6.07 Å². The Bertz CT molecular complexity index is 590. The van der Waals surface area contributed by atoms with Gasteiger partial charge in [0.25, 0.3) is 0 Å².